The molecule has 0 bridgehead atoms. The molecule has 7 heteroatoms. The van der Waals surface area contributed by atoms with Gasteiger partial charge in [-0.3, -0.25) is 9.78 Å². The Morgan fingerprint density at radius 2 is 1.74 bits per heavy atom. The molecule has 1 fully saturated rings. The minimum atomic E-state index is -0.161. The largest absolute Gasteiger partial charge is 0.368 e. The van der Waals surface area contributed by atoms with Gasteiger partial charge in [0.1, 0.15) is 5.69 Å². The highest BCUT2D eigenvalue weighted by atomic mass is 32.1. The fourth-order valence-electron chi connectivity index (χ4n) is 3.07. The summed E-state index contributed by atoms with van der Waals surface area (Å²) < 4.78 is 0. The summed E-state index contributed by atoms with van der Waals surface area (Å²) in [6.07, 6.45) is 1.72. The molecule has 1 aliphatic rings. The maximum absolute atomic E-state index is 12.3. The van der Waals surface area contributed by atoms with Crippen LogP contribution in [0, 0.1) is 0 Å². The Labute approximate surface area is 162 Å². The second kappa shape index (κ2) is 8.18. The summed E-state index contributed by atoms with van der Waals surface area (Å²) >= 11 is 1.52. The number of anilines is 2. The third-order valence-corrected chi connectivity index (χ3v) is 5.45. The first-order valence-corrected chi connectivity index (χ1v) is 9.86. The highest BCUT2D eigenvalue weighted by molar-refractivity contribution is 7.13. The maximum Gasteiger partial charge on any atom is 0.271 e. The average Bonchev–Trinajstić information content (AvgIpc) is 3.24. The van der Waals surface area contributed by atoms with Crippen LogP contribution >= 0.6 is 11.3 Å². The summed E-state index contributed by atoms with van der Waals surface area (Å²) in [5, 5.41) is 5.61. The summed E-state index contributed by atoms with van der Waals surface area (Å²) in [4.78, 5) is 25.7. The van der Waals surface area contributed by atoms with Gasteiger partial charge in [-0.15, -0.1) is 11.3 Å². The van der Waals surface area contributed by atoms with Crippen LogP contribution in [0.1, 0.15) is 16.2 Å². The monoisotopic (exact) mass is 379 g/mol. The van der Waals surface area contributed by atoms with Crippen molar-refractivity contribution in [1.29, 1.82) is 0 Å². The standard InChI is InChI=1S/C20H21N5OS/c26-19(22-14-16-6-4-5-9-21-16)18-15-27-20(23-18)25-12-10-24(11-13-25)17-7-2-1-3-8-17/h1-9,15H,10-14H2,(H,22,26). The van der Waals surface area contributed by atoms with Gasteiger partial charge in [-0.25, -0.2) is 4.98 Å². The summed E-state index contributed by atoms with van der Waals surface area (Å²) in [6, 6.07) is 16.1. The number of aromatic nitrogens is 2. The predicted octanol–water partition coefficient (Wildman–Crippen LogP) is 2.79. The Bertz CT molecular complexity index is 876. The molecule has 0 unspecified atom stereocenters. The summed E-state index contributed by atoms with van der Waals surface area (Å²) in [7, 11) is 0. The highest BCUT2D eigenvalue weighted by Gasteiger charge is 2.21. The van der Waals surface area contributed by atoms with Gasteiger partial charge >= 0.3 is 0 Å². The third-order valence-electron chi connectivity index (χ3n) is 4.55. The number of rotatable bonds is 5. The quantitative estimate of drug-likeness (QED) is 0.739. The van der Waals surface area contributed by atoms with Crippen LogP contribution in [0.2, 0.25) is 0 Å². The van der Waals surface area contributed by atoms with Crippen molar-refractivity contribution in [2.45, 2.75) is 6.54 Å². The smallest absolute Gasteiger partial charge is 0.271 e. The minimum Gasteiger partial charge on any atom is -0.368 e. The van der Waals surface area contributed by atoms with Crippen molar-refractivity contribution < 1.29 is 4.79 Å². The van der Waals surface area contributed by atoms with Gasteiger partial charge < -0.3 is 15.1 Å². The number of amides is 1. The number of para-hydroxylation sites is 1. The van der Waals surface area contributed by atoms with Crippen LogP contribution in [0.3, 0.4) is 0 Å². The van der Waals surface area contributed by atoms with E-state index in [-0.39, 0.29) is 5.91 Å². The van der Waals surface area contributed by atoms with Crippen molar-refractivity contribution in [3.8, 4) is 0 Å². The number of benzene rings is 1. The topological polar surface area (TPSA) is 61.4 Å². The first kappa shape index (κ1) is 17.5. The molecule has 0 atom stereocenters. The Morgan fingerprint density at radius 1 is 1.00 bits per heavy atom. The van der Waals surface area contributed by atoms with Gasteiger partial charge in [-0.05, 0) is 24.3 Å². The molecule has 1 aromatic carbocycles. The first-order valence-electron chi connectivity index (χ1n) is 8.98. The zero-order chi connectivity index (χ0) is 18.5. The van der Waals surface area contributed by atoms with Gasteiger partial charge in [-0.1, -0.05) is 24.3 Å². The van der Waals surface area contributed by atoms with Crippen molar-refractivity contribution in [2.75, 3.05) is 36.0 Å². The molecule has 4 rings (SSSR count). The van der Waals surface area contributed by atoms with Gasteiger partial charge in [0.25, 0.3) is 5.91 Å². The van der Waals surface area contributed by atoms with E-state index in [9.17, 15) is 4.79 Å². The van der Waals surface area contributed by atoms with E-state index in [0.717, 1.165) is 37.0 Å². The van der Waals surface area contributed by atoms with Gasteiger partial charge in [0.15, 0.2) is 5.13 Å². The lowest BCUT2D eigenvalue weighted by Crippen LogP contribution is -2.46. The van der Waals surface area contributed by atoms with Crippen molar-refractivity contribution in [3.05, 3.63) is 71.5 Å². The summed E-state index contributed by atoms with van der Waals surface area (Å²) in [5.74, 6) is -0.161. The van der Waals surface area contributed by atoms with Crippen LogP contribution < -0.4 is 15.1 Å². The van der Waals surface area contributed by atoms with E-state index >= 15 is 0 Å². The SMILES string of the molecule is O=C(NCc1ccccn1)c1csc(N2CCN(c3ccccc3)CC2)n1. The van der Waals surface area contributed by atoms with Crippen LogP contribution in [0.5, 0.6) is 0 Å². The van der Waals surface area contributed by atoms with E-state index in [4.69, 9.17) is 0 Å². The number of nitrogens with zero attached hydrogens (tertiary/aromatic N) is 4. The van der Waals surface area contributed by atoms with E-state index in [2.05, 4.69) is 49.4 Å². The third kappa shape index (κ3) is 4.25. The first-order chi connectivity index (χ1) is 13.3. The molecule has 1 saturated heterocycles. The van der Waals surface area contributed by atoms with E-state index in [1.807, 2.05) is 29.6 Å². The summed E-state index contributed by atoms with van der Waals surface area (Å²) in [6.45, 7) is 4.10. The lowest BCUT2D eigenvalue weighted by Gasteiger charge is -2.35. The molecular formula is C20H21N5OS. The van der Waals surface area contributed by atoms with Crippen LogP contribution in [-0.4, -0.2) is 42.1 Å². The number of pyridine rings is 1. The van der Waals surface area contributed by atoms with Crippen molar-refractivity contribution in [3.63, 3.8) is 0 Å². The minimum absolute atomic E-state index is 0.161. The molecule has 0 saturated carbocycles. The molecule has 2 aromatic heterocycles. The number of hydrogen-bond acceptors (Lipinski definition) is 6. The number of piperazine rings is 1. The molecule has 1 amide bonds. The number of nitrogens with one attached hydrogen (secondary N) is 1. The Morgan fingerprint density at radius 3 is 2.48 bits per heavy atom. The summed E-state index contributed by atoms with van der Waals surface area (Å²) in [5.41, 5.74) is 2.56. The van der Waals surface area contributed by atoms with Crippen LogP contribution in [0.4, 0.5) is 10.8 Å². The molecule has 6 nitrogen and oxygen atoms in total. The average molecular weight is 379 g/mol. The predicted molar refractivity (Wildman–Crippen MR) is 108 cm³/mol. The molecule has 0 aliphatic carbocycles. The Kier molecular flexibility index (Phi) is 5.29. The zero-order valence-electron chi connectivity index (χ0n) is 14.9. The fourth-order valence-corrected chi connectivity index (χ4v) is 3.93. The lowest BCUT2D eigenvalue weighted by atomic mass is 10.2. The molecule has 1 N–H and O–H groups in total. The van der Waals surface area contributed by atoms with E-state index in [1.165, 1.54) is 17.0 Å². The van der Waals surface area contributed by atoms with Crippen molar-refractivity contribution >= 4 is 28.1 Å². The van der Waals surface area contributed by atoms with E-state index < -0.39 is 0 Å². The van der Waals surface area contributed by atoms with Gasteiger partial charge in [-0.2, -0.15) is 0 Å². The number of hydrogen-bond donors (Lipinski definition) is 1. The maximum atomic E-state index is 12.3. The Balaban J connectivity index is 1.32. The van der Waals surface area contributed by atoms with E-state index in [0.29, 0.717) is 12.2 Å². The van der Waals surface area contributed by atoms with E-state index in [1.54, 1.807) is 6.20 Å². The second-order valence-corrected chi connectivity index (χ2v) is 7.17. The zero-order valence-corrected chi connectivity index (χ0v) is 15.7. The molecule has 0 spiro atoms. The van der Waals surface area contributed by atoms with Crippen LogP contribution in [0.15, 0.2) is 60.1 Å². The normalized spacial score (nSPS) is 14.2. The van der Waals surface area contributed by atoms with Crippen LogP contribution in [0.25, 0.3) is 0 Å². The van der Waals surface area contributed by atoms with Gasteiger partial charge in [0, 0.05) is 43.4 Å². The number of thiazole rings is 1. The van der Waals surface area contributed by atoms with Gasteiger partial charge in [0.2, 0.25) is 0 Å². The highest BCUT2D eigenvalue weighted by Crippen LogP contribution is 2.23. The van der Waals surface area contributed by atoms with Crippen molar-refractivity contribution in [1.82, 2.24) is 15.3 Å². The molecule has 138 valence electrons. The molecule has 1 aliphatic heterocycles. The fraction of sp³-hybridized carbons (Fsp3) is 0.250. The molecule has 27 heavy (non-hydrogen) atoms. The molecular weight excluding hydrogens is 358 g/mol. The number of carbonyl (C=O) groups is 1. The molecule has 0 radical (unpaired) electrons. The van der Waals surface area contributed by atoms with Crippen LogP contribution in [-0.2, 0) is 6.54 Å². The second-order valence-electron chi connectivity index (χ2n) is 6.33. The molecule has 3 aromatic rings. The Hall–Kier alpha value is -2.93. The molecule has 3 heterocycles. The number of carbonyl (C=O) groups excluding carboxylic acids is 1. The van der Waals surface area contributed by atoms with Crippen molar-refractivity contribution in [2.24, 2.45) is 0 Å². The lowest BCUT2D eigenvalue weighted by molar-refractivity contribution is 0.0946. The van der Waals surface area contributed by atoms with Gasteiger partial charge in [0.05, 0.1) is 12.2 Å².